The van der Waals surface area contributed by atoms with E-state index in [1.807, 2.05) is 33.8 Å². The fourth-order valence-corrected chi connectivity index (χ4v) is 6.17. The van der Waals surface area contributed by atoms with Crippen molar-refractivity contribution in [3.8, 4) is 0 Å². The largest absolute Gasteiger partial charge is 0.344 e. The number of aromatic nitrogens is 1. The van der Waals surface area contributed by atoms with Crippen molar-refractivity contribution in [2.45, 2.75) is 52.4 Å². The smallest absolute Gasteiger partial charge is 0.243 e. The Morgan fingerprint density at radius 3 is 2.13 bits per heavy atom. The van der Waals surface area contributed by atoms with Gasteiger partial charge in [0, 0.05) is 38.2 Å². The molecule has 2 aromatic rings. The van der Waals surface area contributed by atoms with Crippen LogP contribution in [0.3, 0.4) is 0 Å². The first-order chi connectivity index (χ1) is 14.0. The molecule has 0 aliphatic carbocycles. The molecule has 0 bridgehead atoms. The van der Waals surface area contributed by atoms with E-state index < -0.39 is 10.0 Å². The summed E-state index contributed by atoms with van der Waals surface area (Å²) in [6.45, 7) is 10.7. The number of piperazine rings is 1. The van der Waals surface area contributed by atoms with Gasteiger partial charge in [-0.05, 0) is 74.9 Å². The van der Waals surface area contributed by atoms with Crippen LogP contribution in [0.1, 0.15) is 39.9 Å². The lowest BCUT2D eigenvalue weighted by molar-refractivity contribution is -0.132. The highest BCUT2D eigenvalue weighted by Crippen LogP contribution is 2.29. The lowest BCUT2D eigenvalue weighted by atomic mass is 10.0. The Kier molecular flexibility index (Phi) is 6.60. The molecule has 1 aromatic heterocycles. The normalized spacial score (nSPS) is 15.6. The Morgan fingerprint density at radius 2 is 1.63 bits per heavy atom. The molecule has 1 aliphatic heterocycles. The topological polar surface area (TPSA) is 83.7 Å². The highest BCUT2D eigenvalue weighted by atomic mass is 35.5. The Bertz CT molecular complexity index is 1020. The van der Waals surface area contributed by atoms with Crippen molar-refractivity contribution in [1.82, 2.24) is 14.4 Å². The number of carbonyl (C=O) groups excluding carboxylic acids is 1. The van der Waals surface area contributed by atoms with Crippen molar-refractivity contribution in [3.63, 3.8) is 0 Å². The molecule has 1 amide bonds. The molecule has 1 fully saturated rings. The molecule has 164 valence electrons. The molecule has 1 saturated heterocycles. The number of amides is 1. The van der Waals surface area contributed by atoms with Crippen molar-refractivity contribution in [2.75, 3.05) is 26.2 Å². The Hall–Kier alpha value is -1.90. The summed E-state index contributed by atoms with van der Waals surface area (Å²) in [4.78, 5) is 14.7. The van der Waals surface area contributed by atoms with Gasteiger partial charge in [-0.1, -0.05) is 11.2 Å². The molecular weight excluding hydrogens is 426 g/mol. The summed E-state index contributed by atoms with van der Waals surface area (Å²) < 4.78 is 33.1. The van der Waals surface area contributed by atoms with Gasteiger partial charge >= 0.3 is 0 Å². The molecule has 2 heterocycles. The molecule has 9 heteroatoms. The van der Waals surface area contributed by atoms with E-state index in [0.29, 0.717) is 30.1 Å². The standard InChI is InChI=1S/C21H28ClN3O4S/c1-13-12-14(2)16(4)20(15(13)3)30(27,28)25-10-8-24(9-11-25)19(26)7-6-18-17(5)23-29-21(18)22/h12H,6-11H2,1-5H3. The van der Waals surface area contributed by atoms with Crippen LogP contribution in [0.2, 0.25) is 5.22 Å². The molecule has 1 aliphatic rings. The zero-order valence-electron chi connectivity index (χ0n) is 18.1. The van der Waals surface area contributed by atoms with E-state index in [1.54, 1.807) is 11.8 Å². The van der Waals surface area contributed by atoms with Gasteiger partial charge in [0.25, 0.3) is 0 Å². The molecule has 0 radical (unpaired) electrons. The first-order valence-electron chi connectivity index (χ1n) is 10.00. The highest BCUT2D eigenvalue weighted by Gasteiger charge is 2.32. The van der Waals surface area contributed by atoms with E-state index in [9.17, 15) is 13.2 Å². The number of benzene rings is 1. The van der Waals surface area contributed by atoms with Crippen molar-refractivity contribution >= 4 is 27.5 Å². The molecule has 0 saturated carbocycles. The maximum Gasteiger partial charge on any atom is 0.243 e. The fourth-order valence-electron chi connectivity index (χ4n) is 3.90. The Morgan fingerprint density at radius 1 is 1.07 bits per heavy atom. The van der Waals surface area contributed by atoms with E-state index in [4.69, 9.17) is 16.1 Å². The Labute approximate surface area is 183 Å². The molecule has 0 spiro atoms. The zero-order chi connectivity index (χ0) is 22.2. The van der Waals surface area contributed by atoms with Crippen LogP contribution >= 0.6 is 11.6 Å². The second kappa shape index (κ2) is 8.69. The van der Waals surface area contributed by atoms with Crippen LogP contribution in [0.25, 0.3) is 0 Å². The minimum atomic E-state index is -3.62. The van der Waals surface area contributed by atoms with Crippen LogP contribution in [-0.2, 0) is 21.2 Å². The van der Waals surface area contributed by atoms with Gasteiger partial charge in [-0.15, -0.1) is 0 Å². The van der Waals surface area contributed by atoms with Gasteiger partial charge in [-0.3, -0.25) is 4.79 Å². The van der Waals surface area contributed by atoms with Gasteiger partial charge in [-0.25, -0.2) is 8.42 Å². The fraction of sp³-hybridized carbons (Fsp3) is 0.524. The number of aryl methyl sites for hydroxylation is 3. The lowest BCUT2D eigenvalue weighted by Crippen LogP contribution is -2.50. The van der Waals surface area contributed by atoms with E-state index in [-0.39, 0.29) is 30.6 Å². The maximum atomic E-state index is 13.4. The van der Waals surface area contributed by atoms with Crippen molar-refractivity contribution in [1.29, 1.82) is 0 Å². The number of sulfonamides is 1. The van der Waals surface area contributed by atoms with E-state index in [2.05, 4.69) is 5.16 Å². The average Bonchev–Trinajstić information content (AvgIpc) is 3.02. The van der Waals surface area contributed by atoms with E-state index >= 15 is 0 Å². The molecule has 1 aromatic carbocycles. The predicted octanol–water partition coefficient (Wildman–Crippen LogP) is 3.34. The summed E-state index contributed by atoms with van der Waals surface area (Å²) in [5.41, 5.74) is 4.94. The van der Waals surface area contributed by atoms with Gasteiger partial charge in [0.15, 0.2) is 0 Å². The first kappa shape index (κ1) is 22.8. The van der Waals surface area contributed by atoms with Crippen LogP contribution in [0.4, 0.5) is 0 Å². The number of rotatable bonds is 5. The zero-order valence-corrected chi connectivity index (χ0v) is 19.7. The van der Waals surface area contributed by atoms with Gasteiger partial charge in [0.1, 0.15) is 0 Å². The van der Waals surface area contributed by atoms with Crippen LogP contribution in [0, 0.1) is 34.6 Å². The summed E-state index contributed by atoms with van der Waals surface area (Å²) in [6.07, 6.45) is 0.732. The summed E-state index contributed by atoms with van der Waals surface area (Å²) in [5.74, 6) is -0.0255. The van der Waals surface area contributed by atoms with Crippen molar-refractivity contribution < 1.29 is 17.7 Å². The van der Waals surface area contributed by atoms with Crippen LogP contribution in [-0.4, -0.2) is 54.9 Å². The quantitative estimate of drug-likeness (QED) is 0.693. The molecule has 7 nitrogen and oxygen atoms in total. The summed E-state index contributed by atoms with van der Waals surface area (Å²) in [5, 5.41) is 4.01. The molecule has 0 atom stereocenters. The van der Waals surface area contributed by atoms with Crippen molar-refractivity contribution in [2.24, 2.45) is 0 Å². The van der Waals surface area contributed by atoms with Gasteiger partial charge in [0.05, 0.1) is 10.6 Å². The number of halogens is 1. The summed E-state index contributed by atoms with van der Waals surface area (Å²) >= 11 is 5.96. The van der Waals surface area contributed by atoms with E-state index in [0.717, 1.165) is 27.8 Å². The second-order valence-corrected chi connectivity index (χ2v) is 10.1. The van der Waals surface area contributed by atoms with Crippen LogP contribution < -0.4 is 0 Å². The van der Waals surface area contributed by atoms with Gasteiger partial charge in [-0.2, -0.15) is 4.31 Å². The predicted molar refractivity (Wildman–Crippen MR) is 115 cm³/mol. The summed E-state index contributed by atoms with van der Waals surface area (Å²) in [7, 11) is -3.62. The molecule has 0 unspecified atom stereocenters. The van der Waals surface area contributed by atoms with Gasteiger partial charge in [0.2, 0.25) is 21.1 Å². The third-order valence-electron chi connectivity index (χ3n) is 6.01. The van der Waals surface area contributed by atoms with Crippen LogP contribution in [0.5, 0.6) is 0 Å². The number of nitrogens with zero attached hydrogens (tertiary/aromatic N) is 3. The van der Waals surface area contributed by atoms with E-state index in [1.165, 1.54) is 4.31 Å². The number of hydrogen-bond donors (Lipinski definition) is 0. The van der Waals surface area contributed by atoms with Crippen LogP contribution in [0.15, 0.2) is 15.5 Å². The van der Waals surface area contributed by atoms with Gasteiger partial charge < -0.3 is 9.42 Å². The number of hydrogen-bond acceptors (Lipinski definition) is 5. The van der Waals surface area contributed by atoms with Crippen molar-refractivity contribution in [3.05, 3.63) is 44.8 Å². The Balaban J connectivity index is 1.67. The molecule has 30 heavy (non-hydrogen) atoms. The minimum absolute atomic E-state index is 0.0255. The molecular formula is C21H28ClN3O4S. The molecule has 3 rings (SSSR count). The monoisotopic (exact) mass is 453 g/mol. The maximum absolute atomic E-state index is 13.4. The first-order valence-corrected chi connectivity index (χ1v) is 11.8. The third-order valence-corrected chi connectivity index (χ3v) is 8.48. The third kappa shape index (κ3) is 4.26. The highest BCUT2D eigenvalue weighted by molar-refractivity contribution is 7.89. The lowest BCUT2D eigenvalue weighted by Gasteiger charge is -2.35. The summed E-state index contributed by atoms with van der Waals surface area (Å²) in [6, 6.07) is 2.02. The average molecular weight is 454 g/mol. The second-order valence-electron chi connectivity index (χ2n) is 7.89. The minimum Gasteiger partial charge on any atom is -0.344 e. The number of carbonyl (C=O) groups is 1. The SMILES string of the molecule is Cc1cc(C)c(C)c(S(=O)(=O)N2CCN(C(=O)CCc3c(C)noc3Cl)CC2)c1C. The molecule has 0 N–H and O–H groups in total.